The number of carbonyl (C=O) groups excluding carboxylic acids is 1. The van der Waals surface area contributed by atoms with Gasteiger partial charge in [-0.2, -0.15) is 0 Å². The van der Waals surface area contributed by atoms with E-state index in [1.165, 1.54) is 23.5 Å². The number of halogens is 2. The van der Waals surface area contributed by atoms with Gasteiger partial charge < -0.3 is 9.73 Å². The number of carbonyl (C=O) groups is 1. The number of hydrogen-bond acceptors (Lipinski definition) is 4. The van der Waals surface area contributed by atoms with E-state index in [1.807, 2.05) is 24.3 Å². The van der Waals surface area contributed by atoms with E-state index >= 15 is 0 Å². The molecule has 0 bridgehead atoms. The number of amides is 1. The van der Waals surface area contributed by atoms with E-state index in [2.05, 4.69) is 26.2 Å². The minimum Gasteiger partial charge on any atom is -0.448 e. The Morgan fingerprint density at radius 2 is 2.00 bits per heavy atom. The first-order valence-corrected chi connectivity index (χ1v) is 8.93. The Kier molecular flexibility index (Phi) is 4.10. The van der Waals surface area contributed by atoms with Gasteiger partial charge >= 0.3 is 0 Å². The van der Waals surface area contributed by atoms with Gasteiger partial charge in [-0.05, 0) is 42.5 Å². The second kappa shape index (κ2) is 6.42. The molecule has 0 aliphatic rings. The van der Waals surface area contributed by atoms with E-state index < -0.39 is 11.7 Å². The van der Waals surface area contributed by atoms with Crippen LogP contribution in [0.5, 0.6) is 0 Å². The molecule has 0 aliphatic carbocycles. The average molecular weight is 417 g/mol. The highest BCUT2D eigenvalue weighted by Gasteiger charge is 2.16. The van der Waals surface area contributed by atoms with Crippen LogP contribution in [0.3, 0.4) is 0 Å². The van der Waals surface area contributed by atoms with Crippen molar-refractivity contribution in [3.63, 3.8) is 0 Å². The summed E-state index contributed by atoms with van der Waals surface area (Å²) in [4.78, 5) is 16.8. The number of nitrogens with one attached hydrogen (secondary N) is 1. The summed E-state index contributed by atoms with van der Waals surface area (Å²) < 4.78 is 21.1. The van der Waals surface area contributed by atoms with Gasteiger partial charge in [-0.25, -0.2) is 9.37 Å². The fraction of sp³-hybridized carbons (Fsp3) is 0. The maximum atomic E-state index is 13.8. The monoisotopic (exact) mass is 416 g/mol. The maximum absolute atomic E-state index is 13.8. The molecule has 4 aromatic rings. The smallest absolute Gasteiger partial charge is 0.291 e. The predicted octanol–water partition coefficient (Wildman–Crippen LogP) is 5.71. The van der Waals surface area contributed by atoms with E-state index in [0.29, 0.717) is 15.2 Å². The van der Waals surface area contributed by atoms with Crippen LogP contribution in [0.15, 0.2) is 63.5 Å². The van der Waals surface area contributed by atoms with Gasteiger partial charge in [-0.3, -0.25) is 4.79 Å². The largest absolute Gasteiger partial charge is 0.448 e. The summed E-state index contributed by atoms with van der Waals surface area (Å²) in [6.45, 7) is 0. The molecule has 124 valence electrons. The number of nitrogens with zero attached hydrogens (tertiary/aromatic N) is 1. The summed E-state index contributed by atoms with van der Waals surface area (Å²) in [5, 5.41) is 3.19. The van der Waals surface area contributed by atoms with E-state index in [9.17, 15) is 9.18 Å². The van der Waals surface area contributed by atoms with Crippen LogP contribution in [-0.4, -0.2) is 10.9 Å². The fourth-order valence-corrected chi connectivity index (χ4v) is 3.59. The second-order valence-corrected chi connectivity index (χ2v) is 7.18. The van der Waals surface area contributed by atoms with Gasteiger partial charge in [0.1, 0.15) is 5.82 Å². The van der Waals surface area contributed by atoms with Gasteiger partial charge in [0.05, 0.1) is 15.9 Å². The molecule has 2 aromatic carbocycles. The third-order valence-electron chi connectivity index (χ3n) is 3.51. The number of fused-ring (bicyclic) bond motifs is 1. The summed E-state index contributed by atoms with van der Waals surface area (Å²) in [7, 11) is 0. The third kappa shape index (κ3) is 3.20. The first-order chi connectivity index (χ1) is 12.1. The van der Waals surface area contributed by atoms with Gasteiger partial charge in [0, 0.05) is 4.47 Å². The van der Waals surface area contributed by atoms with Crippen molar-refractivity contribution < 1.29 is 13.6 Å². The third-order valence-corrected chi connectivity index (χ3v) is 5.06. The molecule has 25 heavy (non-hydrogen) atoms. The minimum atomic E-state index is -0.527. The van der Waals surface area contributed by atoms with Gasteiger partial charge in [-0.15, -0.1) is 11.3 Å². The zero-order valence-corrected chi connectivity index (χ0v) is 15.0. The summed E-state index contributed by atoms with van der Waals surface area (Å²) in [6, 6.07) is 15.4. The van der Waals surface area contributed by atoms with Crippen molar-refractivity contribution in [1.29, 1.82) is 0 Å². The Morgan fingerprint density at radius 3 is 2.80 bits per heavy atom. The van der Waals surface area contributed by atoms with Crippen LogP contribution in [-0.2, 0) is 0 Å². The summed E-state index contributed by atoms with van der Waals surface area (Å²) in [5.41, 5.74) is 0.966. The molecule has 0 aliphatic heterocycles. The van der Waals surface area contributed by atoms with Crippen molar-refractivity contribution in [2.45, 2.75) is 0 Å². The highest BCUT2D eigenvalue weighted by molar-refractivity contribution is 9.10. The van der Waals surface area contributed by atoms with E-state index in [0.717, 1.165) is 10.2 Å². The lowest BCUT2D eigenvalue weighted by Gasteiger charge is -2.04. The van der Waals surface area contributed by atoms with E-state index in [4.69, 9.17) is 4.42 Å². The Balaban J connectivity index is 1.58. The molecule has 4 nitrogen and oxygen atoms in total. The number of anilines is 1. The number of para-hydroxylation sites is 1. The summed E-state index contributed by atoms with van der Waals surface area (Å²) in [5.74, 6) is -0.450. The normalized spacial score (nSPS) is 11.0. The van der Waals surface area contributed by atoms with Crippen molar-refractivity contribution in [2.75, 3.05) is 5.32 Å². The molecule has 7 heteroatoms. The van der Waals surface area contributed by atoms with Crippen molar-refractivity contribution in [1.82, 2.24) is 4.98 Å². The molecule has 1 amide bonds. The Morgan fingerprint density at radius 1 is 1.16 bits per heavy atom. The molecule has 0 saturated heterocycles. The number of furan rings is 1. The van der Waals surface area contributed by atoms with Crippen LogP contribution in [0, 0.1) is 5.82 Å². The van der Waals surface area contributed by atoms with Crippen molar-refractivity contribution in [2.24, 2.45) is 0 Å². The lowest BCUT2D eigenvalue weighted by molar-refractivity contribution is 0.0997. The topological polar surface area (TPSA) is 55.1 Å². The van der Waals surface area contributed by atoms with Gasteiger partial charge in [-0.1, -0.05) is 28.1 Å². The molecule has 0 atom stereocenters. The number of rotatable bonds is 3. The Bertz CT molecular complexity index is 1060. The molecule has 0 unspecified atom stereocenters. The van der Waals surface area contributed by atoms with Crippen LogP contribution >= 0.6 is 27.3 Å². The fourth-order valence-electron chi connectivity index (χ4n) is 2.33. The SMILES string of the molecule is O=C(Nc1ccc(Br)cc1F)c1ccc(-c2nc3ccccc3s2)o1. The number of thiazole rings is 1. The molecule has 0 fully saturated rings. The van der Waals surface area contributed by atoms with E-state index in [1.54, 1.807) is 18.2 Å². The van der Waals surface area contributed by atoms with Crippen molar-refractivity contribution in [3.05, 3.63) is 70.6 Å². The number of aromatic nitrogens is 1. The number of benzene rings is 2. The van der Waals surface area contributed by atoms with Crippen LogP contribution < -0.4 is 5.32 Å². The second-order valence-electron chi connectivity index (χ2n) is 5.23. The quantitative estimate of drug-likeness (QED) is 0.465. The summed E-state index contributed by atoms with van der Waals surface area (Å²) >= 11 is 4.66. The first-order valence-electron chi connectivity index (χ1n) is 7.32. The van der Waals surface area contributed by atoms with E-state index in [-0.39, 0.29) is 11.4 Å². The lowest BCUT2D eigenvalue weighted by atomic mass is 10.3. The van der Waals surface area contributed by atoms with Crippen LogP contribution in [0.2, 0.25) is 0 Å². The number of hydrogen-bond donors (Lipinski definition) is 1. The first kappa shape index (κ1) is 16.0. The molecular weight excluding hydrogens is 407 g/mol. The minimum absolute atomic E-state index is 0.0890. The lowest BCUT2D eigenvalue weighted by Crippen LogP contribution is -2.12. The molecule has 2 heterocycles. The molecular formula is C18H10BrFN2O2S. The zero-order chi connectivity index (χ0) is 17.4. The van der Waals surface area contributed by atoms with Gasteiger partial charge in [0.15, 0.2) is 16.5 Å². The Hall–Kier alpha value is -2.51. The van der Waals surface area contributed by atoms with Gasteiger partial charge in [0.25, 0.3) is 5.91 Å². The molecule has 1 N–H and O–H groups in total. The standard InChI is InChI=1S/C18H10BrFN2O2S/c19-10-5-6-12(11(20)9-10)21-17(23)14-7-8-15(24-14)18-22-13-3-1-2-4-16(13)25-18/h1-9H,(H,21,23). The van der Waals surface area contributed by atoms with Crippen LogP contribution in [0.1, 0.15) is 10.6 Å². The van der Waals surface area contributed by atoms with Crippen molar-refractivity contribution in [3.8, 4) is 10.8 Å². The van der Waals surface area contributed by atoms with Crippen LogP contribution in [0.4, 0.5) is 10.1 Å². The molecule has 2 aromatic heterocycles. The highest BCUT2D eigenvalue weighted by atomic mass is 79.9. The van der Waals surface area contributed by atoms with Gasteiger partial charge in [0.2, 0.25) is 0 Å². The summed E-state index contributed by atoms with van der Waals surface area (Å²) in [6.07, 6.45) is 0. The molecule has 4 rings (SSSR count). The zero-order valence-electron chi connectivity index (χ0n) is 12.6. The van der Waals surface area contributed by atoms with Crippen LogP contribution in [0.25, 0.3) is 21.0 Å². The van der Waals surface area contributed by atoms with Crippen molar-refractivity contribution >= 4 is 49.1 Å². The predicted molar refractivity (Wildman–Crippen MR) is 99.4 cm³/mol. The Labute approximate surface area is 154 Å². The average Bonchev–Trinajstić information content (AvgIpc) is 3.23. The molecule has 0 saturated carbocycles. The molecule has 0 radical (unpaired) electrons. The maximum Gasteiger partial charge on any atom is 0.291 e. The molecule has 0 spiro atoms. The highest BCUT2D eigenvalue weighted by Crippen LogP contribution is 2.31.